The summed E-state index contributed by atoms with van der Waals surface area (Å²) in [5, 5.41) is 22.8. The number of anilines is 1. The number of aliphatic carboxylic acids is 1. The first kappa shape index (κ1) is 17.1. The summed E-state index contributed by atoms with van der Waals surface area (Å²) < 4.78 is 0. The Morgan fingerprint density at radius 2 is 2.29 bits per heavy atom. The first-order valence-corrected chi connectivity index (χ1v) is 7.58. The molecule has 0 saturated heterocycles. The molecule has 0 aliphatic heterocycles. The molecule has 6 nitrogen and oxygen atoms in total. The van der Waals surface area contributed by atoms with Crippen molar-refractivity contribution in [3.05, 3.63) is 17.0 Å². The molecule has 21 heavy (non-hydrogen) atoms. The highest BCUT2D eigenvalue weighted by atomic mass is 32.1. The van der Waals surface area contributed by atoms with Crippen LogP contribution in [0.25, 0.3) is 0 Å². The minimum Gasteiger partial charge on any atom is -0.481 e. The molecule has 1 aromatic heterocycles. The molecule has 0 aliphatic carbocycles. The Hall–Kier alpha value is -1.91. The van der Waals surface area contributed by atoms with Crippen LogP contribution in [0, 0.1) is 17.2 Å². The fraction of sp³-hybridized carbons (Fsp3) is 0.500. The molecule has 114 valence electrons. The summed E-state index contributed by atoms with van der Waals surface area (Å²) in [6, 6.07) is 3.68. The molecular formula is C14H19N3O3S. The molecule has 0 bridgehead atoms. The fourth-order valence-electron chi connectivity index (χ4n) is 1.79. The molecule has 1 aromatic rings. The van der Waals surface area contributed by atoms with E-state index in [-0.39, 0.29) is 12.3 Å². The van der Waals surface area contributed by atoms with Crippen molar-refractivity contribution in [3.63, 3.8) is 0 Å². The van der Waals surface area contributed by atoms with Crippen LogP contribution in [0.4, 0.5) is 5.00 Å². The topological polar surface area (TPSA) is 93.4 Å². The standard InChI is InChI=1S/C14H19N3O3S/c1-3-17(9-10(2)14(19)20)6-4-12(18)16-13-11(8-15)5-7-21-13/h5,7,10H,3-4,6,9H2,1-2H3,(H,16,18)(H,19,20). The van der Waals surface area contributed by atoms with Crippen molar-refractivity contribution < 1.29 is 14.7 Å². The van der Waals surface area contributed by atoms with E-state index in [9.17, 15) is 9.59 Å². The predicted molar refractivity (Wildman–Crippen MR) is 81.2 cm³/mol. The predicted octanol–water partition coefficient (Wildman–Crippen LogP) is 1.99. The summed E-state index contributed by atoms with van der Waals surface area (Å²) in [4.78, 5) is 24.6. The fourth-order valence-corrected chi connectivity index (χ4v) is 2.54. The number of nitrogens with zero attached hydrogens (tertiary/aromatic N) is 2. The van der Waals surface area contributed by atoms with Crippen molar-refractivity contribution in [2.45, 2.75) is 20.3 Å². The molecule has 0 aliphatic rings. The van der Waals surface area contributed by atoms with Crippen LogP contribution >= 0.6 is 11.3 Å². The largest absolute Gasteiger partial charge is 0.481 e. The van der Waals surface area contributed by atoms with Crippen LogP contribution in [0.2, 0.25) is 0 Å². The molecule has 0 radical (unpaired) electrons. The van der Waals surface area contributed by atoms with Crippen molar-refractivity contribution in [2.24, 2.45) is 5.92 Å². The van der Waals surface area contributed by atoms with Crippen LogP contribution in [-0.2, 0) is 9.59 Å². The molecule has 0 saturated carbocycles. The number of nitriles is 1. The molecule has 2 N–H and O–H groups in total. The molecule has 0 fully saturated rings. The van der Waals surface area contributed by atoms with E-state index < -0.39 is 11.9 Å². The zero-order chi connectivity index (χ0) is 15.8. The van der Waals surface area contributed by atoms with Gasteiger partial charge in [0.2, 0.25) is 5.91 Å². The molecule has 1 heterocycles. The number of nitrogens with one attached hydrogen (secondary N) is 1. The zero-order valence-electron chi connectivity index (χ0n) is 12.1. The van der Waals surface area contributed by atoms with Crippen LogP contribution in [0.5, 0.6) is 0 Å². The average molecular weight is 309 g/mol. The molecule has 1 amide bonds. The maximum atomic E-state index is 11.9. The molecule has 1 rings (SSSR count). The summed E-state index contributed by atoms with van der Waals surface area (Å²) >= 11 is 1.31. The number of carbonyl (C=O) groups is 2. The highest BCUT2D eigenvalue weighted by Crippen LogP contribution is 2.22. The van der Waals surface area contributed by atoms with E-state index in [1.165, 1.54) is 11.3 Å². The quantitative estimate of drug-likeness (QED) is 0.766. The van der Waals surface area contributed by atoms with Crippen LogP contribution in [0.1, 0.15) is 25.8 Å². The number of hydrogen-bond donors (Lipinski definition) is 2. The molecule has 1 unspecified atom stereocenters. The molecular weight excluding hydrogens is 290 g/mol. The van der Waals surface area contributed by atoms with Crippen LogP contribution in [-0.4, -0.2) is 41.5 Å². The number of carbonyl (C=O) groups excluding carboxylic acids is 1. The van der Waals surface area contributed by atoms with Crippen LogP contribution < -0.4 is 5.32 Å². The van der Waals surface area contributed by atoms with Gasteiger partial charge in [-0.2, -0.15) is 5.26 Å². The lowest BCUT2D eigenvalue weighted by Gasteiger charge is -2.22. The van der Waals surface area contributed by atoms with Crippen molar-refractivity contribution in [1.82, 2.24) is 4.90 Å². The number of amides is 1. The van der Waals surface area contributed by atoms with E-state index >= 15 is 0 Å². The van der Waals surface area contributed by atoms with E-state index in [0.717, 1.165) is 0 Å². The summed E-state index contributed by atoms with van der Waals surface area (Å²) in [5.74, 6) is -1.47. The van der Waals surface area contributed by atoms with Gasteiger partial charge in [-0.1, -0.05) is 13.8 Å². The van der Waals surface area contributed by atoms with Gasteiger partial charge in [-0.15, -0.1) is 11.3 Å². The van der Waals surface area contributed by atoms with Crippen molar-refractivity contribution >= 4 is 28.2 Å². The average Bonchev–Trinajstić information content (AvgIpc) is 2.89. The normalized spacial score (nSPS) is 11.9. The first-order valence-electron chi connectivity index (χ1n) is 6.70. The minimum atomic E-state index is -0.838. The Bertz CT molecular complexity index is 536. The van der Waals surface area contributed by atoms with Crippen molar-refractivity contribution in [3.8, 4) is 6.07 Å². The van der Waals surface area contributed by atoms with Gasteiger partial charge in [-0.25, -0.2) is 0 Å². The van der Waals surface area contributed by atoms with Gasteiger partial charge in [0, 0.05) is 19.5 Å². The number of rotatable bonds is 8. The Labute approximate surface area is 128 Å². The van der Waals surface area contributed by atoms with E-state index in [1.807, 2.05) is 17.9 Å². The second-order valence-corrected chi connectivity index (χ2v) is 5.62. The first-order chi connectivity index (χ1) is 9.97. The maximum absolute atomic E-state index is 11.9. The number of hydrogen-bond acceptors (Lipinski definition) is 5. The molecule has 1 atom stereocenters. The van der Waals surface area contributed by atoms with Gasteiger partial charge in [-0.3, -0.25) is 9.59 Å². The van der Waals surface area contributed by atoms with Gasteiger partial charge in [0.05, 0.1) is 11.5 Å². The van der Waals surface area contributed by atoms with Gasteiger partial charge in [0.15, 0.2) is 0 Å². The smallest absolute Gasteiger partial charge is 0.307 e. The summed E-state index contributed by atoms with van der Waals surface area (Å²) in [6.07, 6.45) is 0.267. The zero-order valence-corrected chi connectivity index (χ0v) is 12.9. The third-order valence-corrected chi connectivity index (χ3v) is 3.92. The van der Waals surface area contributed by atoms with Crippen molar-refractivity contribution in [2.75, 3.05) is 25.0 Å². The number of thiophene rings is 1. The van der Waals surface area contributed by atoms with E-state index in [4.69, 9.17) is 10.4 Å². The Morgan fingerprint density at radius 3 is 2.86 bits per heavy atom. The summed E-state index contributed by atoms with van der Waals surface area (Å²) in [7, 11) is 0. The Morgan fingerprint density at radius 1 is 1.57 bits per heavy atom. The van der Waals surface area contributed by atoms with E-state index in [2.05, 4.69) is 5.32 Å². The van der Waals surface area contributed by atoms with Gasteiger partial charge in [0.1, 0.15) is 11.1 Å². The number of carboxylic acids is 1. The van der Waals surface area contributed by atoms with Gasteiger partial charge in [-0.05, 0) is 18.0 Å². The Kier molecular flexibility index (Phi) is 6.85. The Balaban J connectivity index is 2.44. The van der Waals surface area contributed by atoms with Gasteiger partial charge < -0.3 is 15.3 Å². The van der Waals surface area contributed by atoms with Gasteiger partial charge in [0.25, 0.3) is 0 Å². The SMILES string of the molecule is CCN(CCC(=O)Nc1sccc1C#N)CC(C)C(=O)O. The lowest BCUT2D eigenvalue weighted by molar-refractivity contribution is -0.141. The highest BCUT2D eigenvalue weighted by Gasteiger charge is 2.16. The maximum Gasteiger partial charge on any atom is 0.307 e. The lowest BCUT2D eigenvalue weighted by Crippen LogP contribution is -2.34. The summed E-state index contributed by atoms with van der Waals surface area (Å²) in [6.45, 7) is 5.18. The third-order valence-electron chi connectivity index (χ3n) is 3.09. The molecule has 0 spiro atoms. The van der Waals surface area contributed by atoms with E-state index in [0.29, 0.717) is 30.2 Å². The van der Waals surface area contributed by atoms with Crippen molar-refractivity contribution in [1.29, 1.82) is 5.26 Å². The highest BCUT2D eigenvalue weighted by molar-refractivity contribution is 7.14. The number of carboxylic acid groups (broad SMARTS) is 1. The molecule has 0 aromatic carbocycles. The molecule has 7 heteroatoms. The summed E-state index contributed by atoms with van der Waals surface area (Å²) in [5.41, 5.74) is 0.459. The monoisotopic (exact) mass is 309 g/mol. The third kappa shape index (κ3) is 5.53. The minimum absolute atomic E-state index is 0.171. The van der Waals surface area contributed by atoms with Crippen LogP contribution in [0.3, 0.4) is 0 Å². The second-order valence-electron chi connectivity index (χ2n) is 4.71. The van der Waals surface area contributed by atoms with E-state index in [1.54, 1.807) is 18.4 Å². The van der Waals surface area contributed by atoms with Gasteiger partial charge >= 0.3 is 5.97 Å². The van der Waals surface area contributed by atoms with Crippen LogP contribution in [0.15, 0.2) is 11.4 Å². The second kappa shape index (κ2) is 8.39. The lowest BCUT2D eigenvalue weighted by atomic mass is 10.1.